The molecular formula is C17H27N3O3. The smallest absolute Gasteiger partial charge is 0.321 e. The second kappa shape index (κ2) is 12.1. The number of ether oxygens (including phenoxy) is 1. The zero-order chi connectivity index (χ0) is 17.7. The summed E-state index contributed by atoms with van der Waals surface area (Å²) in [6.45, 7) is 7.33. The molecule has 23 heavy (non-hydrogen) atoms. The van der Waals surface area contributed by atoms with Gasteiger partial charge < -0.3 is 25.8 Å². The van der Waals surface area contributed by atoms with Crippen LogP contribution in [0.3, 0.4) is 0 Å². The first kappa shape index (κ1) is 20.5. The Morgan fingerprint density at radius 3 is 2.70 bits per heavy atom. The van der Waals surface area contributed by atoms with Crippen LogP contribution in [0, 0.1) is 0 Å². The average molecular weight is 321 g/mol. The molecule has 2 amide bonds. The van der Waals surface area contributed by atoms with Crippen molar-refractivity contribution in [2.24, 2.45) is 0 Å². The van der Waals surface area contributed by atoms with Crippen LogP contribution < -0.4 is 16.0 Å². The lowest BCUT2D eigenvalue weighted by Gasteiger charge is -2.13. The van der Waals surface area contributed by atoms with Crippen LogP contribution in [0.15, 0.2) is 60.2 Å². The molecule has 1 unspecified atom stereocenters. The van der Waals surface area contributed by atoms with Gasteiger partial charge in [0, 0.05) is 18.9 Å². The quantitative estimate of drug-likeness (QED) is 0.298. The third kappa shape index (κ3) is 9.97. The van der Waals surface area contributed by atoms with Gasteiger partial charge in [-0.15, -0.1) is 0 Å². The summed E-state index contributed by atoms with van der Waals surface area (Å²) in [5.74, 6) is 0.396. The van der Waals surface area contributed by atoms with Crippen LogP contribution in [0.25, 0.3) is 0 Å². The highest BCUT2D eigenvalue weighted by molar-refractivity contribution is 5.75. The lowest BCUT2D eigenvalue weighted by atomic mass is 10.2. The summed E-state index contributed by atoms with van der Waals surface area (Å²) in [4.78, 5) is 11.7. The minimum atomic E-state index is -1.12. The van der Waals surface area contributed by atoms with E-state index in [9.17, 15) is 9.90 Å². The molecule has 0 aromatic heterocycles. The van der Waals surface area contributed by atoms with E-state index in [4.69, 9.17) is 4.74 Å². The lowest BCUT2D eigenvalue weighted by Crippen LogP contribution is -2.40. The molecule has 0 fully saturated rings. The number of aliphatic hydroxyl groups is 1. The summed E-state index contributed by atoms with van der Waals surface area (Å²) < 4.78 is 4.88. The van der Waals surface area contributed by atoms with Crippen molar-refractivity contribution in [1.82, 2.24) is 16.0 Å². The number of urea groups is 1. The number of carbonyl (C=O) groups is 1. The summed E-state index contributed by atoms with van der Waals surface area (Å²) in [5.41, 5.74) is 1.35. The Morgan fingerprint density at radius 2 is 2.13 bits per heavy atom. The SMILES string of the molecule is C=C(/C=C(\C)C(O)NC(=O)N/C=C/C(=C\C=C/CC)NC)OC. The van der Waals surface area contributed by atoms with E-state index in [1.807, 2.05) is 18.2 Å². The molecule has 1 atom stereocenters. The Bertz CT molecular complexity index is 505. The van der Waals surface area contributed by atoms with Crippen molar-refractivity contribution in [2.75, 3.05) is 14.2 Å². The second-order valence-electron chi connectivity index (χ2n) is 4.62. The minimum Gasteiger partial charge on any atom is -0.497 e. The molecule has 0 aromatic rings. The van der Waals surface area contributed by atoms with E-state index in [1.165, 1.54) is 13.3 Å². The van der Waals surface area contributed by atoms with Gasteiger partial charge in [-0.25, -0.2) is 4.79 Å². The van der Waals surface area contributed by atoms with E-state index in [0.29, 0.717) is 11.3 Å². The Balaban J connectivity index is 4.47. The van der Waals surface area contributed by atoms with E-state index in [-0.39, 0.29) is 0 Å². The van der Waals surface area contributed by atoms with Gasteiger partial charge in [0.15, 0.2) is 0 Å². The number of hydrogen-bond acceptors (Lipinski definition) is 4. The lowest BCUT2D eigenvalue weighted by molar-refractivity contribution is 0.170. The molecule has 0 bridgehead atoms. The number of rotatable bonds is 9. The van der Waals surface area contributed by atoms with E-state index >= 15 is 0 Å². The van der Waals surface area contributed by atoms with Crippen LogP contribution in [0.1, 0.15) is 20.3 Å². The van der Waals surface area contributed by atoms with Gasteiger partial charge >= 0.3 is 6.03 Å². The van der Waals surface area contributed by atoms with Gasteiger partial charge in [-0.2, -0.15) is 0 Å². The van der Waals surface area contributed by atoms with Crippen molar-refractivity contribution < 1.29 is 14.6 Å². The maximum absolute atomic E-state index is 11.7. The highest BCUT2D eigenvalue weighted by Gasteiger charge is 2.09. The molecule has 0 rings (SSSR count). The molecule has 0 aliphatic carbocycles. The fourth-order valence-electron chi connectivity index (χ4n) is 1.41. The normalized spacial score (nSPS) is 14.0. The molecular weight excluding hydrogens is 294 g/mol. The second-order valence-corrected chi connectivity index (χ2v) is 4.62. The third-order valence-corrected chi connectivity index (χ3v) is 2.76. The van der Waals surface area contributed by atoms with Crippen LogP contribution in [-0.2, 0) is 4.74 Å². The summed E-state index contributed by atoms with van der Waals surface area (Å²) >= 11 is 0. The van der Waals surface area contributed by atoms with Crippen molar-refractivity contribution in [3.05, 3.63) is 60.2 Å². The zero-order valence-corrected chi connectivity index (χ0v) is 14.2. The van der Waals surface area contributed by atoms with Crippen molar-refractivity contribution in [1.29, 1.82) is 0 Å². The van der Waals surface area contributed by atoms with Crippen LogP contribution in [0.4, 0.5) is 4.79 Å². The number of nitrogens with one attached hydrogen (secondary N) is 3. The minimum absolute atomic E-state index is 0.396. The standard InChI is InChI=1S/C17H27N3O3/c1-6-7-8-9-15(18-4)10-11-19-17(22)20-16(21)13(2)12-14(3)23-5/h7-12,16,18,21H,3,6H2,1-2,4-5H3,(H2,19,20,22)/b8-7-,11-10+,13-12+,15-9+. The number of hydrogen-bond donors (Lipinski definition) is 4. The van der Waals surface area contributed by atoms with Crippen molar-refractivity contribution in [2.45, 2.75) is 26.5 Å². The van der Waals surface area contributed by atoms with Gasteiger partial charge in [-0.3, -0.25) is 0 Å². The number of amides is 2. The molecule has 6 nitrogen and oxygen atoms in total. The third-order valence-electron chi connectivity index (χ3n) is 2.76. The average Bonchev–Trinajstić information content (AvgIpc) is 2.53. The van der Waals surface area contributed by atoms with Crippen molar-refractivity contribution >= 4 is 6.03 Å². The highest BCUT2D eigenvalue weighted by Crippen LogP contribution is 2.03. The fraction of sp³-hybridized carbons (Fsp3) is 0.353. The van der Waals surface area contributed by atoms with E-state index in [0.717, 1.165) is 12.1 Å². The molecule has 0 spiro atoms. The maximum Gasteiger partial charge on any atom is 0.321 e. The first-order valence-corrected chi connectivity index (χ1v) is 7.31. The Hall–Kier alpha value is -2.47. The molecule has 0 aromatic carbocycles. The van der Waals surface area contributed by atoms with E-state index in [2.05, 4.69) is 29.5 Å². The Kier molecular flexibility index (Phi) is 10.8. The van der Waals surface area contributed by atoms with Crippen molar-refractivity contribution in [3.63, 3.8) is 0 Å². The summed E-state index contributed by atoms with van der Waals surface area (Å²) in [7, 11) is 3.27. The number of aliphatic hydroxyl groups excluding tert-OH is 1. The first-order valence-electron chi connectivity index (χ1n) is 7.31. The van der Waals surface area contributed by atoms with Crippen LogP contribution >= 0.6 is 0 Å². The van der Waals surface area contributed by atoms with Crippen molar-refractivity contribution in [3.8, 4) is 0 Å². The predicted octanol–water partition coefficient (Wildman–Crippen LogP) is 2.29. The van der Waals surface area contributed by atoms with E-state index < -0.39 is 12.3 Å². The summed E-state index contributed by atoms with van der Waals surface area (Å²) in [5, 5.41) is 17.7. The number of likely N-dealkylation sites (N-methyl/N-ethyl adjacent to an activating group) is 1. The summed E-state index contributed by atoms with van der Waals surface area (Å²) in [6, 6.07) is -0.524. The molecule has 0 saturated carbocycles. The number of allylic oxidation sites excluding steroid dienone is 5. The van der Waals surface area contributed by atoms with Gasteiger partial charge in [0.25, 0.3) is 0 Å². The van der Waals surface area contributed by atoms with Gasteiger partial charge in [-0.05, 0) is 37.1 Å². The summed E-state index contributed by atoms with van der Waals surface area (Å²) in [6.07, 6.45) is 10.4. The monoisotopic (exact) mass is 321 g/mol. The fourth-order valence-corrected chi connectivity index (χ4v) is 1.41. The van der Waals surface area contributed by atoms with Gasteiger partial charge in [-0.1, -0.05) is 25.7 Å². The zero-order valence-electron chi connectivity index (χ0n) is 14.2. The molecule has 128 valence electrons. The molecule has 4 N–H and O–H groups in total. The first-order chi connectivity index (χ1) is 10.9. The molecule has 6 heteroatoms. The molecule has 0 saturated heterocycles. The number of carbonyl (C=O) groups excluding carboxylic acids is 1. The molecule has 0 aliphatic heterocycles. The van der Waals surface area contributed by atoms with E-state index in [1.54, 1.807) is 26.1 Å². The van der Waals surface area contributed by atoms with Crippen LogP contribution in [-0.4, -0.2) is 31.5 Å². The van der Waals surface area contributed by atoms with Gasteiger partial charge in [0.05, 0.1) is 7.11 Å². The van der Waals surface area contributed by atoms with Gasteiger partial charge in [0.1, 0.15) is 12.0 Å². The predicted molar refractivity (Wildman–Crippen MR) is 93.3 cm³/mol. The van der Waals surface area contributed by atoms with Crippen LogP contribution in [0.5, 0.6) is 0 Å². The molecule has 0 radical (unpaired) electrons. The van der Waals surface area contributed by atoms with Gasteiger partial charge in [0.2, 0.25) is 0 Å². The topological polar surface area (TPSA) is 82.6 Å². The van der Waals surface area contributed by atoms with Crippen LogP contribution in [0.2, 0.25) is 0 Å². The highest BCUT2D eigenvalue weighted by atomic mass is 16.5. The molecule has 0 heterocycles. The Morgan fingerprint density at radius 1 is 1.43 bits per heavy atom. The maximum atomic E-state index is 11.7. The largest absolute Gasteiger partial charge is 0.497 e. The Labute approximate surface area is 138 Å². The number of methoxy groups -OCH3 is 1. The molecule has 0 aliphatic rings.